The van der Waals surface area contributed by atoms with Gasteiger partial charge in [0.2, 0.25) is 5.91 Å². The molecule has 1 saturated heterocycles. The van der Waals surface area contributed by atoms with Gasteiger partial charge in [-0.3, -0.25) is 9.48 Å². The highest BCUT2D eigenvalue weighted by molar-refractivity contribution is 6.30. The standard InChI is InChI=1S/C20H25ClN4O.ClH/c1-25-13-14(10-23-25)17-11-22-12-18(17)19(26)24-20(8-2-3-9-20)15-4-6-16(21)7-5-15;/h4-7,10,13,17-18,22H,2-3,8-9,11-12H2,1H3,(H,24,26);1H/t17-,18+;/m1./s1. The molecule has 0 unspecified atom stereocenters. The van der Waals surface area contributed by atoms with Crippen molar-refractivity contribution in [2.45, 2.75) is 37.1 Å². The molecule has 1 aromatic carbocycles. The van der Waals surface area contributed by atoms with Crippen molar-refractivity contribution in [3.8, 4) is 0 Å². The number of benzene rings is 1. The Labute approximate surface area is 171 Å². The predicted molar refractivity (Wildman–Crippen MR) is 109 cm³/mol. The molecule has 7 heteroatoms. The Morgan fingerprint density at radius 3 is 2.59 bits per heavy atom. The van der Waals surface area contributed by atoms with Gasteiger partial charge in [0.25, 0.3) is 0 Å². The fraction of sp³-hybridized carbons (Fsp3) is 0.500. The van der Waals surface area contributed by atoms with Gasteiger partial charge >= 0.3 is 0 Å². The first-order chi connectivity index (χ1) is 12.6. The maximum atomic E-state index is 13.2. The average molecular weight is 409 g/mol. The lowest BCUT2D eigenvalue weighted by atomic mass is 9.85. The molecule has 2 aliphatic rings. The lowest BCUT2D eigenvalue weighted by Crippen LogP contribution is -2.47. The Hall–Kier alpha value is -1.56. The van der Waals surface area contributed by atoms with Crippen LogP contribution in [-0.4, -0.2) is 28.8 Å². The quantitative estimate of drug-likeness (QED) is 0.814. The van der Waals surface area contributed by atoms with Crippen molar-refractivity contribution in [1.82, 2.24) is 20.4 Å². The molecule has 1 aromatic heterocycles. The Bertz CT molecular complexity index is 784. The number of hydrogen-bond acceptors (Lipinski definition) is 3. The molecule has 27 heavy (non-hydrogen) atoms. The van der Waals surface area contributed by atoms with E-state index >= 15 is 0 Å². The third kappa shape index (κ3) is 4.00. The van der Waals surface area contributed by atoms with Crippen LogP contribution >= 0.6 is 24.0 Å². The molecule has 2 fully saturated rings. The van der Waals surface area contributed by atoms with Crippen molar-refractivity contribution < 1.29 is 4.79 Å². The molecule has 0 bridgehead atoms. The molecule has 2 atom stereocenters. The summed E-state index contributed by atoms with van der Waals surface area (Å²) in [5.41, 5.74) is 2.03. The van der Waals surface area contributed by atoms with Crippen LogP contribution in [0.5, 0.6) is 0 Å². The van der Waals surface area contributed by atoms with E-state index in [1.54, 1.807) is 4.68 Å². The summed E-state index contributed by atoms with van der Waals surface area (Å²) in [7, 11) is 1.91. The minimum Gasteiger partial charge on any atom is -0.346 e. The van der Waals surface area contributed by atoms with Crippen molar-refractivity contribution in [3.63, 3.8) is 0 Å². The Kier molecular flexibility index (Phi) is 6.14. The average Bonchev–Trinajstić information content (AvgIpc) is 3.35. The SMILES string of the molecule is Cl.Cn1cc([C@H]2CNC[C@@H]2C(=O)NC2(c3ccc(Cl)cc3)CCCC2)cn1. The van der Waals surface area contributed by atoms with Crippen LogP contribution in [0, 0.1) is 5.92 Å². The van der Waals surface area contributed by atoms with E-state index in [4.69, 9.17) is 11.6 Å². The molecule has 2 heterocycles. The molecule has 2 aromatic rings. The van der Waals surface area contributed by atoms with Gasteiger partial charge in [-0.05, 0) is 36.1 Å². The highest BCUT2D eigenvalue weighted by atomic mass is 35.5. The van der Waals surface area contributed by atoms with Gasteiger partial charge in [0, 0.05) is 37.3 Å². The monoisotopic (exact) mass is 408 g/mol. The number of rotatable bonds is 4. The topological polar surface area (TPSA) is 59.0 Å². The molecular weight excluding hydrogens is 383 g/mol. The van der Waals surface area contributed by atoms with Crippen LogP contribution in [0.2, 0.25) is 5.02 Å². The molecule has 0 spiro atoms. The fourth-order valence-corrected chi connectivity index (χ4v) is 4.62. The second-order valence-electron chi connectivity index (χ2n) is 7.60. The molecule has 1 aliphatic carbocycles. The number of aromatic nitrogens is 2. The molecule has 5 nitrogen and oxygen atoms in total. The van der Waals surface area contributed by atoms with E-state index < -0.39 is 0 Å². The van der Waals surface area contributed by atoms with Crippen LogP contribution < -0.4 is 10.6 Å². The van der Waals surface area contributed by atoms with Crippen molar-refractivity contribution in [2.24, 2.45) is 13.0 Å². The van der Waals surface area contributed by atoms with Crippen LogP contribution in [0.3, 0.4) is 0 Å². The summed E-state index contributed by atoms with van der Waals surface area (Å²) in [6.07, 6.45) is 8.14. The summed E-state index contributed by atoms with van der Waals surface area (Å²) in [6.45, 7) is 1.53. The molecule has 4 rings (SSSR count). The van der Waals surface area contributed by atoms with E-state index in [1.807, 2.05) is 31.6 Å². The van der Waals surface area contributed by atoms with Crippen molar-refractivity contribution in [3.05, 3.63) is 52.8 Å². The van der Waals surface area contributed by atoms with Gasteiger partial charge in [0.05, 0.1) is 17.7 Å². The van der Waals surface area contributed by atoms with E-state index in [1.165, 1.54) is 0 Å². The number of hydrogen-bond donors (Lipinski definition) is 2. The fourth-order valence-electron chi connectivity index (χ4n) is 4.50. The maximum absolute atomic E-state index is 13.2. The van der Waals surface area contributed by atoms with E-state index in [-0.39, 0.29) is 35.7 Å². The summed E-state index contributed by atoms with van der Waals surface area (Å²) < 4.78 is 1.80. The van der Waals surface area contributed by atoms with Gasteiger partial charge in [-0.2, -0.15) is 5.10 Å². The highest BCUT2D eigenvalue weighted by Crippen LogP contribution is 2.40. The van der Waals surface area contributed by atoms with Crippen molar-refractivity contribution in [1.29, 1.82) is 0 Å². The van der Waals surface area contributed by atoms with E-state index in [9.17, 15) is 4.79 Å². The number of carbonyl (C=O) groups is 1. The van der Waals surface area contributed by atoms with Crippen LogP contribution in [0.15, 0.2) is 36.7 Å². The first-order valence-electron chi connectivity index (χ1n) is 9.35. The lowest BCUT2D eigenvalue weighted by Gasteiger charge is -2.33. The zero-order valence-corrected chi connectivity index (χ0v) is 17.0. The zero-order valence-electron chi connectivity index (χ0n) is 15.5. The van der Waals surface area contributed by atoms with Crippen LogP contribution in [0.1, 0.15) is 42.7 Å². The van der Waals surface area contributed by atoms with Gasteiger partial charge in [0.1, 0.15) is 0 Å². The molecule has 1 aliphatic heterocycles. The first kappa shape index (κ1) is 20.2. The molecule has 146 valence electrons. The lowest BCUT2D eigenvalue weighted by molar-refractivity contribution is -0.127. The minimum atomic E-state index is -0.260. The Morgan fingerprint density at radius 2 is 1.96 bits per heavy atom. The van der Waals surface area contributed by atoms with Gasteiger partial charge in [-0.25, -0.2) is 0 Å². The van der Waals surface area contributed by atoms with Crippen molar-refractivity contribution in [2.75, 3.05) is 13.1 Å². The summed E-state index contributed by atoms with van der Waals surface area (Å²) in [5.74, 6) is 0.247. The Morgan fingerprint density at radius 1 is 1.26 bits per heavy atom. The maximum Gasteiger partial charge on any atom is 0.225 e. The van der Waals surface area contributed by atoms with Gasteiger partial charge < -0.3 is 10.6 Å². The third-order valence-electron chi connectivity index (χ3n) is 5.92. The summed E-state index contributed by atoms with van der Waals surface area (Å²) >= 11 is 6.06. The number of nitrogens with one attached hydrogen (secondary N) is 2. The molecule has 2 N–H and O–H groups in total. The summed E-state index contributed by atoms with van der Waals surface area (Å²) in [5, 5.41) is 11.8. The van der Waals surface area contributed by atoms with E-state index in [2.05, 4.69) is 27.9 Å². The third-order valence-corrected chi connectivity index (χ3v) is 6.17. The first-order valence-corrected chi connectivity index (χ1v) is 9.72. The number of amides is 1. The second-order valence-corrected chi connectivity index (χ2v) is 8.04. The van der Waals surface area contributed by atoms with E-state index in [0.717, 1.165) is 48.4 Å². The molecule has 1 amide bonds. The molecule has 1 saturated carbocycles. The van der Waals surface area contributed by atoms with Crippen molar-refractivity contribution >= 4 is 29.9 Å². The summed E-state index contributed by atoms with van der Waals surface area (Å²) in [6, 6.07) is 7.94. The van der Waals surface area contributed by atoms with Gasteiger partial charge in [0.15, 0.2) is 0 Å². The minimum absolute atomic E-state index is 0. The van der Waals surface area contributed by atoms with E-state index in [0.29, 0.717) is 6.54 Å². The predicted octanol–water partition coefficient (Wildman–Crippen LogP) is 3.38. The molecule has 0 radical (unpaired) electrons. The highest BCUT2D eigenvalue weighted by Gasteiger charge is 2.41. The number of aryl methyl sites for hydroxylation is 1. The molecular formula is C20H26Cl2N4O. The Balaban J connectivity index is 0.00000210. The second kappa shape index (κ2) is 8.21. The van der Waals surface area contributed by atoms with Gasteiger partial charge in [-0.15, -0.1) is 12.4 Å². The smallest absolute Gasteiger partial charge is 0.225 e. The van der Waals surface area contributed by atoms with Gasteiger partial charge in [-0.1, -0.05) is 36.6 Å². The zero-order chi connectivity index (χ0) is 18.1. The number of carbonyl (C=O) groups excluding carboxylic acids is 1. The number of nitrogens with zero attached hydrogens (tertiary/aromatic N) is 2. The largest absolute Gasteiger partial charge is 0.346 e. The van der Waals surface area contributed by atoms with Crippen LogP contribution in [0.25, 0.3) is 0 Å². The summed E-state index contributed by atoms with van der Waals surface area (Å²) in [4.78, 5) is 13.2. The normalized spacial score (nSPS) is 23.8. The van der Waals surface area contributed by atoms with Crippen LogP contribution in [-0.2, 0) is 17.4 Å². The number of halogens is 2. The van der Waals surface area contributed by atoms with Crippen LogP contribution in [0.4, 0.5) is 0 Å².